The van der Waals surface area contributed by atoms with Crippen LogP contribution in [0.4, 0.5) is 0 Å². The Kier molecular flexibility index (Phi) is 6.52. The molecule has 0 fully saturated rings. The SMILES string of the molecule is Cc1nn(C)c(=N)n1CC(=O)c1ccc(OS(=O)(=O)c2ccc3ccccc3c2)cc1.Cl. The summed E-state index contributed by atoms with van der Waals surface area (Å²) in [6.45, 7) is 1.69. The van der Waals surface area contributed by atoms with Gasteiger partial charge in [-0.15, -0.1) is 12.4 Å². The predicted octanol–water partition coefficient (Wildman–Crippen LogP) is 3.24. The van der Waals surface area contributed by atoms with Crippen LogP contribution < -0.4 is 9.80 Å². The number of hydrogen-bond donors (Lipinski definition) is 1. The van der Waals surface area contributed by atoms with Crippen LogP contribution in [0.3, 0.4) is 0 Å². The molecule has 0 aliphatic carbocycles. The second-order valence-corrected chi connectivity index (χ2v) is 8.62. The number of rotatable bonds is 6. The van der Waals surface area contributed by atoms with E-state index in [0.717, 1.165) is 10.8 Å². The van der Waals surface area contributed by atoms with Gasteiger partial charge >= 0.3 is 10.1 Å². The molecule has 8 nitrogen and oxygen atoms in total. The van der Waals surface area contributed by atoms with Crippen molar-refractivity contribution in [1.29, 1.82) is 5.41 Å². The van der Waals surface area contributed by atoms with Gasteiger partial charge in [-0.05, 0) is 54.1 Å². The summed E-state index contributed by atoms with van der Waals surface area (Å²) in [5.74, 6) is 0.442. The minimum atomic E-state index is -4.02. The quantitative estimate of drug-likeness (QED) is 0.342. The first-order valence-corrected chi connectivity index (χ1v) is 10.9. The van der Waals surface area contributed by atoms with E-state index in [1.54, 1.807) is 26.1 Å². The van der Waals surface area contributed by atoms with E-state index in [1.165, 1.54) is 39.6 Å². The molecule has 1 heterocycles. The summed E-state index contributed by atoms with van der Waals surface area (Å²) >= 11 is 0. The molecule has 0 bridgehead atoms. The molecule has 0 aliphatic rings. The van der Waals surface area contributed by atoms with Crippen molar-refractivity contribution in [3.8, 4) is 5.75 Å². The average molecular weight is 473 g/mol. The van der Waals surface area contributed by atoms with E-state index in [4.69, 9.17) is 9.59 Å². The van der Waals surface area contributed by atoms with E-state index in [-0.39, 0.29) is 41.0 Å². The number of fused-ring (bicyclic) bond motifs is 1. The third-order valence-corrected chi connectivity index (χ3v) is 6.18. The summed E-state index contributed by atoms with van der Waals surface area (Å²) in [5, 5.41) is 13.8. The molecule has 3 aromatic carbocycles. The number of nitrogens with zero attached hydrogens (tertiary/aromatic N) is 3. The fraction of sp³-hybridized carbons (Fsp3) is 0.136. The molecular weight excluding hydrogens is 452 g/mol. The molecule has 0 atom stereocenters. The summed E-state index contributed by atoms with van der Waals surface area (Å²) in [5.41, 5.74) is 0.498. The second-order valence-electron chi connectivity index (χ2n) is 7.07. The molecule has 1 aromatic heterocycles. The van der Waals surface area contributed by atoms with E-state index in [2.05, 4.69) is 5.10 Å². The van der Waals surface area contributed by atoms with Crippen LogP contribution in [0.1, 0.15) is 16.2 Å². The largest absolute Gasteiger partial charge is 0.379 e. The van der Waals surface area contributed by atoms with Crippen molar-refractivity contribution < 1.29 is 17.4 Å². The normalized spacial score (nSPS) is 11.2. The van der Waals surface area contributed by atoms with Gasteiger partial charge in [0, 0.05) is 12.6 Å². The number of hydrogen-bond acceptors (Lipinski definition) is 6. The Labute approximate surface area is 191 Å². The molecule has 0 amide bonds. The first-order chi connectivity index (χ1) is 14.7. The van der Waals surface area contributed by atoms with Gasteiger partial charge < -0.3 is 4.18 Å². The standard InChI is InChI=1S/C22H20N4O4S.ClH/c1-15-24-25(2)22(23)26(15)14-21(27)17-7-10-19(11-8-17)30-31(28,29)20-12-9-16-5-3-4-6-18(16)13-20;/h3-13,23H,14H2,1-2H3;1H. The summed E-state index contributed by atoms with van der Waals surface area (Å²) in [6.07, 6.45) is 0. The van der Waals surface area contributed by atoms with Crippen LogP contribution in [-0.2, 0) is 23.7 Å². The number of Topliss-reactive ketones (excluding diaryl/α,β-unsaturated/α-hetero) is 1. The van der Waals surface area contributed by atoms with Gasteiger partial charge in [0.2, 0.25) is 5.62 Å². The van der Waals surface area contributed by atoms with Crippen LogP contribution in [0.5, 0.6) is 5.75 Å². The number of carbonyl (C=O) groups excluding carboxylic acids is 1. The highest BCUT2D eigenvalue weighted by Crippen LogP contribution is 2.23. The van der Waals surface area contributed by atoms with Crippen molar-refractivity contribution in [1.82, 2.24) is 14.3 Å². The molecule has 0 radical (unpaired) electrons. The highest BCUT2D eigenvalue weighted by Gasteiger charge is 2.18. The maximum Gasteiger partial charge on any atom is 0.339 e. The van der Waals surface area contributed by atoms with E-state index < -0.39 is 10.1 Å². The fourth-order valence-corrected chi connectivity index (χ4v) is 4.23. The summed E-state index contributed by atoms with van der Waals surface area (Å²) < 4.78 is 33.4. The zero-order chi connectivity index (χ0) is 22.2. The molecule has 10 heteroatoms. The van der Waals surface area contributed by atoms with Crippen molar-refractivity contribution in [2.45, 2.75) is 18.4 Å². The van der Waals surface area contributed by atoms with Crippen molar-refractivity contribution in [3.05, 3.63) is 83.7 Å². The first-order valence-electron chi connectivity index (χ1n) is 9.46. The number of nitrogens with one attached hydrogen (secondary N) is 1. The minimum Gasteiger partial charge on any atom is -0.379 e. The lowest BCUT2D eigenvalue weighted by Crippen LogP contribution is -2.26. The lowest BCUT2D eigenvalue weighted by molar-refractivity contribution is 0.0969. The van der Waals surface area contributed by atoms with Crippen molar-refractivity contribution >= 4 is 39.1 Å². The second kappa shape index (κ2) is 8.97. The van der Waals surface area contributed by atoms with Gasteiger partial charge in [-0.2, -0.15) is 13.5 Å². The minimum absolute atomic E-state index is 0. The Hall–Kier alpha value is -3.43. The van der Waals surface area contributed by atoms with E-state index in [0.29, 0.717) is 11.4 Å². The first kappa shape index (κ1) is 23.2. The average Bonchev–Trinajstić information content (AvgIpc) is 2.99. The third kappa shape index (κ3) is 4.58. The van der Waals surface area contributed by atoms with Gasteiger partial charge in [0.05, 0.1) is 6.54 Å². The number of benzene rings is 3. The number of halogens is 1. The van der Waals surface area contributed by atoms with E-state index in [1.807, 2.05) is 24.3 Å². The summed E-state index contributed by atoms with van der Waals surface area (Å²) in [4.78, 5) is 12.6. The smallest absolute Gasteiger partial charge is 0.339 e. The Bertz CT molecular complexity index is 1460. The van der Waals surface area contributed by atoms with Crippen molar-refractivity contribution in [2.75, 3.05) is 0 Å². The Morgan fingerprint density at radius 3 is 2.31 bits per heavy atom. The predicted molar refractivity (Wildman–Crippen MR) is 122 cm³/mol. The highest BCUT2D eigenvalue weighted by molar-refractivity contribution is 7.87. The topological polar surface area (TPSA) is 107 Å². The van der Waals surface area contributed by atoms with E-state index >= 15 is 0 Å². The molecule has 4 aromatic rings. The maximum atomic E-state index is 12.7. The summed E-state index contributed by atoms with van der Waals surface area (Å²) in [7, 11) is -2.38. The highest BCUT2D eigenvalue weighted by atomic mass is 35.5. The fourth-order valence-electron chi connectivity index (χ4n) is 3.26. The maximum absolute atomic E-state index is 12.7. The third-order valence-electron chi connectivity index (χ3n) is 4.94. The van der Waals surface area contributed by atoms with Gasteiger partial charge in [0.25, 0.3) is 0 Å². The lowest BCUT2D eigenvalue weighted by Gasteiger charge is -2.09. The molecule has 0 saturated carbocycles. The van der Waals surface area contributed by atoms with Crippen LogP contribution in [0.25, 0.3) is 10.8 Å². The Morgan fingerprint density at radius 1 is 1.03 bits per heavy atom. The molecule has 0 saturated heterocycles. The molecule has 0 spiro atoms. The molecule has 0 unspecified atom stereocenters. The van der Waals surface area contributed by atoms with Gasteiger partial charge in [-0.3, -0.25) is 14.8 Å². The number of aromatic nitrogens is 3. The van der Waals surface area contributed by atoms with Crippen LogP contribution in [-0.4, -0.2) is 28.5 Å². The molecule has 4 rings (SSSR count). The van der Waals surface area contributed by atoms with Gasteiger partial charge in [0.1, 0.15) is 16.5 Å². The van der Waals surface area contributed by atoms with Gasteiger partial charge in [-0.25, -0.2) is 4.68 Å². The van der Waals surface area contributed by atoms with Gasteiger partial charge in [0.15, 0.2) is 5.78 Å². The molecule has 1 N–H and O–H groups in total. The van der Waals surface area contributed by atoms with Crippen molar-refractivity contribution in [3.63, 3.8) is 0 Å². The zero-order valence-electron chi connectivity index (χ0n) is 17.3. The summed E-state index contributed by atoms with van der Waals surface area (Å²) in [6, 6.07) is 18.1. The molecular formula is C22H21ClN4O4S. The lowest BCUT2D eigenvalue weighted by atomic mass is 10.1. The molecule has 32 heavy (non-hydrogen) atoms. The van der Waals surface area contributed by atoms with Crippen LogP contribution in [0.2, 0.25) is 0 Å². The zero-order valence-corrected chi connectivity index (χ0v) is 19.0. The van der Waals surface area contributed by atoms with Crippen LogP contribution in [0.15, 0.2) is 71.6 Å². The van der Waals surface area contributed by atoms with Crippen LogP contribution in [0, 0.1) is 12.3 Å². The van der Waals surface area contributed by atoms with Crippen molar-refractivity contribution in [2.24, 2.45) is 7.05 Å². The monoisotopic (exact) mass is 472 g/mol. The van der Waals surface area contributed by atoms with Crippen LogP contribution >= 0.6 is 12.4 Å². The number of ketones is 1. The molecule has 166 valence electrons. The van der Waals surface area contributed by atoms with E-state index in [9.17, 15) is 13.2 Å². The van der Waals surface area contributed by atoms with Gasteiger partial charge in [-0.1, -0.05) is 30.3 Å². The Balaban J connectivity index is 0.00000289. The number of carbonyl (C=O) groups is 1. The Morgan fingerprint density at radius 2 is 1.69 bits per heavy atom. The number of aryl methyl sites for hydroxylation is 2. The molecule has 0 aliphatic heterocycles.